The fourth-order valence-electron chi connectivity index (χ4n) is 4.64. The van der Waals surface area contributed by atoms with E-state index in [0.29, 0.717) is 35.4 Å². The maximum absolute atomic E-state index is 13.7. The second kappa shape index (κ2) is 12.8. The number of aliphatic hydroxyl groups is 1. The second-order valence-electron chi connectivity index (χ2n) is 10.2. The monoisotopic (exact) mass is 605 g/mol. The van der Waals surface area contributed by atoms with E-state index in [1.807, 2.05) is 26.1 Å². The number of anilines is 1. The van der Waals surface area contributed by atoms with Gasteiger partial charge in [-0.15, -0.1) is 0 Å². The number of benzene rings is 3. The van der Waals surface area contributed by atoms with Gasteiger partial charge in [-0.2, -0.15) is 0 Å². The number of ether oxygens (including phenoxy) is 1. The molecule has 8 nitrogen and oxygen atoms in total. The number of hydrogen-bond donors (Lipinski definition) is 2. The summed E-state index contributed by atoms with van der Waals surface area (Å²) in [7, 11) is -1.89. The molecule has 2 N–H and O–H groups in total. The van der Waals surface area contributed by atoms with Crippen molar-refractivity contribution in [3.05, 3.63) is 87.9 Å². The number of aliphatic hydroxyl groups excluding tert-OH is 1. The first-order valence-electron chi connectivity index (χ1n) is 12.9. The second-order valence-corrected chi connectivity index (χ2v) is 12.7. The number of halogens is 2. The van der Waals surface area contributed by atoms with Crippen LogP contribution in [0.2, 0.25) is 10.0 Å². The van der Waals surface area contributed by atoms with Crippen LogP contribution in [0.3, 0.4) is 0 Å². The summed E-state index contributed by atoms with van der Waals surface area (Å²) >= 11 is 12.3. The molecule has 0 unspecified atom stereocenters. The molecule has 4 rings (SSSR count). The minimum atomic E-state index is -3.86. The zero-order chi connectivity index (χ0) is 29.0. The highest BCUT2D eigenvalue weighted by atomic mass is 35.5. The smallest absolute Gasteiger partial charge is 0.261 e. The molecular formula is C29H33Cl2N3O5S. The van der Waals surface area contributed by atoms with Gasteiger partial charge in [-0.05, 0) is 62.0 Å². The van der Waals surface area contributed by atoms with E-state index in [9.17, 15) is 18.3 Å². The van der Waals surface area contributed by atoms with Gasteiger partial charge in [-0.3, -0.25) is 14.4 Å². The number of carbonyl (C=O) groups excluding carboxylic acids is 1. The molecule has 3 aromatic rings. The number of sulfonamides is 1. The average Bonchev–Trinajstić information content (AvgIpc) is 2.93. The van der Waals surface area contributed by atoms with Crippen LogP contribution in [0.15, 0.2) is 71.6 Å². The molecule has 0 spiro atoms. The summed E-state index contributed by atoms with van der Waals surface area (Å²) in [5.74, 6) is -0.0623. The van der Waals surface area contributed by atoms with Crippen LogP contribution in [0.1, 0.15) is 29.8 Å². The molecule has 1 aliphatic heterocycles. The number of rotatable bonds is 9. The van der Waals surface area contributed by atoms with Gasteiger partial charge >= 0.3 is 0 Å². The fraction of sp³-hybridized carbons (Fsp3) is 0.345. The van der Waals surface area contributed by atoms with Gasteiger partial charge in [-0.25, -0.2) is 8.42 Å². The first kappa shape index (κ1) is 30.1. The Bertz CT molecular complexity index is 1460. The predicted octanol–water partition coefficient (Wildman–Crippen LogP) is 5.15. The highest BCUT2D eigenvalue weighted by Gasteiger charge is 2.33. The number of likely N-dealkylation sites (N-methyl/N-ethyl adjacent to an activating group) is 1. The summed E-state index contributed by atoms with van der Waals surface area (Å²) in [6, 6.07) is 17.8. The Labute approximate surface area is 245 Å². The van der Waals surface area contributed by atoms with Crippen molar-refractivity contribution in [1.29, 1.82) is 0 Å². The van der Waals surface area contributed by atoms with Crippen molar-refractivity contribution >= 4 is 44.8 Å². The van der Waals surface area contributed by atoms with Crippen molar-refractivity contribution in [2.45, 2.75) is 37.4 Å². The van der Waals surface area contributed by atoms with E-state index < -0.39 is 16.1 Å². The normalized spacial score (nSPS) is 18.5. The van der Waals surface area contributed by atoms with Crippen molar-refractivity contribution in [2.75, 3.05) is 31.5 Å². The van der Waals surface area contributed by atoms with Gasteiger partial charge in [0.1, 0.15) is 11.9 Å². The molecule has 1 aliphatic rings. The first-order valence-corrected chi connectivity index (χ1v) is 15.1. The lowest BCUT2D eigenvalue weighted by atomic mass is 9.99. The zero-order valence-electron chi connectivity index (χ0n) is 22.6. The van der Waals surface area contributed by atoms with Crippen LogP contribution in [0.4, 0.5) is 5.69 Å². The van der Waals surface area contributed by atoms with Crippen molar-refractivity contribution in [1.82, 2.24) is 9.80 Å². The van der Waals surface area contributed by atoms with Gasteiger partial charge in [0.2, 0.25) is 0 Å². The molecule has 0 aromatic heterocycles. The van der Waals surface area contributed by atoms with E-state index in [1.54, 1.807) is 48.2 Å². The van der Waals surface area contributed by atoms with Crippen LogP contribution < -0.4 is 9.46 Å². The van der Waals surface area contributed by atoms with E-state index in [1.165, 1.54) is 18.2 Å². The fourth-order valence-corrected chi connectivity index (χ4v) is 6.03. The Morgan fingerprint density at radius 1 is 1.10 bits per heavy atom. The van der Waals surface area contributed by atoms with Crippen molar-refractivity contribution in [2.24, 2.45) is 5.92 Å². The molecule has 40 heavy (non-hydrogen) atoms. The summed E-state index contributed by atoms with van der Waals surface area (Å²) in [5, 5.41) is 10.9. The lowest BCUT2D eigenvalue weighted by Gasteiger charge is -2.38. The Hall–Kier alpha value is -2.82. The van der Waals surface area contributed by atoms with Crippen LogP contribution in [-0.4, -0.2) is 68.1 Å². The molecule has 0 fully saturated rings. The summed E-state index contributed by atoms with van der Waals surface area (Å²) in [6.45, 7) is 5.07. The molecule has 11 heteroatoms. The highest BCUT2D eigenvalue weighted by Crippen LogP contribution is 2.32. The van der Waals surface area contributed by atoms with Crippen molar-refractivity contribution in [3.8, 4) is 5.75 Å². The number of carbonyl (C=O) groups is 1. The molecule has 0 saturated heterocycles. The third kappa shape index (κ3) is 7.08. The molecule has 0 bridgehead atoms. The number of nitrogens with one attached hydrogen (secondary N) is 1. The SMILES string of the molecule is C[C@@H]1CN([C@@H](C)CO)C(=O)c2cc(NS(=O)(=O)c3ccccc3)ccc2O[C@H]1CN(C)Cc1ccc(Cl)c(Cl)c1. The zero-order valence-corrected chi connectivity index (χ0v) is 24.9. The van der Waals surface area contributed by atoms with Crippen LogP contribution >= 0.6 is 23.2 Å². The van der Waals surface area contributed by atoms with E-state index >= 15 is 0 Å². The standard InChI is InChI=1S/C29H33Cl2N3O5S/c1-19-15-34(20(2)18-35)29(36)24-14-22(32-40(37,38)23-7-5-4-6-8-23)10-12-27(24)39-28(19)17-33(3)16-21-9-11-25(30)26(31)13-21/h4-14,19-20,28,32,35H,15-18H2,1-3H3/t19-,20+,28+/m1/s1. The largest absolute Gasteiger partial charge is 0.488 e. The van der Waals surface area contributed by atoms with E-state index in [2.05, 4.69) is 9.62 Å². The molecule has 3 aromatic carbocycles. The van der Waals surface area contributed by atoms with Gasteiger partial charge in [0.25, 0.3) is 15.9 Å². The molecule has 214 valence electrons. The number of fused-ring (bicyclic) bond motifs is 1. The Kier molecular flexibility index (Phi) is 9.64. The van der Waals surface area contributed by atoms with Gasteiger partial charge in [0, 0.05) is 31.2 Å². The lowest BCUT2D eigenvalue weighted by Crippen LogP contribution is -2.49. The first-order chi connectivity index (χ1) is 19.0. The van der Waals surface area contributed by atoms with Crippen LogP contribution in [0.25, 0.3) is 0 Å². The summed E-state index contributed by atoms with van der Waals surface area (Å²) in [5.41, 5.74) is 1.45. The average molecular weight is 607 g/mol. The lowest BCUT2D eigenvalue weighted by molar-refractivity contribution is 0.0341. The van der Waals surface area contributed by atoms with Crippen LogP contribution in [-0.2, 0) is 16.6 Å². The molecule has 0 saturated carbocycles. The minimum Gasteiger partial charge on any atom is -0.488 e. The predicted molar refractivity (Wildman–Crippen MR) is 158 cm³/mol. The van der Waals surface area contributed by atoms with Gasteiger partial charge in [-0.1, -0.05) is 54.4 Å². The Balaban J connectivity index is 1.62. The third-order valence-electron chi connectivity index (χ3n) is 6.90. The van der Waals surface area contributed by atoms with E-state index in [0.717, 1.165) is 5.56 Å². The number of amides is 1. The summed E-state index contributed by atoms with van der Waals surface area (Å²) < 4.78 is 34.8. The molecule has 3 atom stereocenters. The minimum absolute atomic E-state index is 0.0707. The molecular weight excluding hydrogens is 573 g/mol. The third-order valence-corrected chi connectivity index (χ3v) is 9.03. The number of nitrogens with zero attached hydrogens (tertiary/aromatic N) is 2. The maximum atomic E-state index is 13.7. The maximum Gasteiger partial charge on any atom is 0.261 e. The van der Waals surface area contributed by atoms with Crippen molar-refractivity contribution < 1.29 is 23.1 Å². The quantitative estimate of drug-likeness (QED) is 0.350. The summed E-state index contributed by atoms with van der Waals surface area (Å²) in [6.07, 6.45) is -0.306. The number of hydrogen-bond acceptors (Lipinski definition) is 6. The molecule has 1 heterocycles. The Morgan fingerprint density at radius 2 is 1.82 bits per heavy atom. The van der Waals surface area contributed by atoms with Crippen LogP contribution in [0.5, 0.6) is 5.75 Å². The molecule has 0 radical (unpaired) electrons. The topological polar surface area (TPSA) is 99.2 Å². The van der Waals surface area contributed by atoms with Gasteiger partial charge < -0.3 is 14.7 Å². The summed E-state index contributed by atoms with van der Waals surface area (Å²) in [4.78, 5) is 17.5. The Morgan fingerprint density at radius 3 is 2.50 bits per heavy atom. The van der Waals surface area contributed by atoms with Crippen LogP contribution in [0, 0.1) is 5.92 Å². The highest BCUT2D eigenvalue weighted by molar-refractivity contribution is 7.92. The van der Waals surface area contributed by atoms with E-state index in [4.69, 9.17) is 27.9 Å². The van der Waals surface area contributed by atoms with E-state index in [-0.39, 0.29) is 40.7 Å². The molecule has 0 aliphatic carbocycles. The molecule has 1 amide bonds. The van der Waals surface area contributed by atoms with Gasteiger partial charge in [0.05, 0.1) is 33.2 Å². The van der Waals surface area contributed by atoms with Crippen molar-refractivity contribution in [3.63, 3.8) is 0 Å². The van der Waals surface area contributed by atoms with Gasteiger partial charge in [0.15, 0.2) is 0 Å².